The number of rotatable bonds is 7. The molecule has 1 aromatic rings. The van der Waals surface area contributed by atoms with Crippen molar-refractivity contribution in [1.82, 2.24) is 10.2 Å². The summed E-state index contributed by atoms with van der Waals surface area (Å²) in [5.41, 5.74) is 1.18. The highest BCUT2D eigenvalue weighted by atomic mass is 16.4. The van der Waals surface area contributed by atoms with Crippen molar-refractivity contribution in [2.24, 2.45) is 0 Å². The van der Waals surface area contributed by atoms with Crippen LogP contribution in [-0.2, 0) is 11.2 Å². The number of hydrogen-bond donors (Lipinski definition) is 2. The third kappa shape index (κ3) is 5.90. The third-order valence-electron chi connectivity index (χ3n) is 2.80. The van der Waals surface area contributed by atoms with Crippen LogP contribution in [-0.4, -0.2) is 41.6 Å². The summed E-state index contributed by atoms with van der Waals surface area (Å²) in [6.45, 7) is 3.29. The number of likely N-dealkylation sites (N-methyl/N-ethyl adjacent to an activating group) is 1. The first-order chi connectivity index (χ1) is 9.13. The van der Waals surface area contributed by atoms with E-state index < -0.39 is 5.97 Å². The molecular formula is C14H20N2O3. The van der Waals surface area contributed by atoms with Gasteiger partial charge in [-0.25, -0.2) is 4.79 Å². The lowest BCUT2D eigenvalue weighted by atomic mass is 10.1. The first-order valence-electron chi connectivity index (χ1n) is 6.42. The highest BCUT2D eigenvalue weighted by molar-refractivity contribution is 5.75. The van der Waals surface area contributed by atoms with Crippen LogP contribution in [0.5, 0.6) is 0 Å². The summed E-state index contributed by atoms with van der Waals surface area (Å²) >= 11 is 0. The number of carbonyl (C=O) groups is 2. The van der Waals surface area contributed by atoms with Crippen LogP contribution in [0.25, 0.3) is 0 Å². The van der Waals surface area contributed by atoms with E-state index in [9.17, 15) is 9.59 Å². The minimum absolute atomic E-state index is 0.0536. The van der Waals surface area contributed by atoms with Crippen LogP contribution < -0.4 is 5.32 Å². The molecule has 5 heteroatoms. The van der Waals surface area contributed by atoms with E-state index in [-0.39, 0.29) is 19.0 Å². The number of carbonyl (C=O) groups excluding carboxylic acids is 1. The smallest absolute Gasteiger partial charge is 0.317 e. The van der Waals surface area contributed by atoms with E-state index in [2.05, 4.69) is 5.32 Å². The van der Waals surface area contributed by atoms with Crippen molar-refractivity contribution in [3.63, 3.8) is 0 Å². The Kier molecular flexibility index (Phi) is 6.43. The average Bonchev–Trinajstić information content (AvgIpc) is 2.40. The molecule has 0 saturated heterocycles. The molecule has 1 aromatic carbocycles. The van der Waals surface area contributed by atoms with Crippen molar-refractivity contribution in [3.8, 4) is 0 Å². The van der Waals surface area contributed by atoms with Gasteiger partial charge >= 0.3 is 12.0 Å². The number of hydrogen-bond acceptors (Lipinski definition) is 2. The van der Waals surface area contributed by atoms with Crippen LogP contribution in [0.15, 0.2) is 30.3 Å². The third-order valence-corrected chi connectivity index (χ3v) is 2.80. The molecule has 1 rings (SSSR count). The number of carboxylic acids is 1. The molecule has 0 saturated carbocycles. The summed E-state index contributed by atoms with van der Waals surface area (Å²) in [6, 6.07) is 9.74. The monoisotopic (exact) mass is 264 g/mol. The fraction of sp³-hybridized carbons (Fsp3) is 0.429. The Morgan fingerprint density at radius 1 is 1.26 bits per heavy atom. The van der Waals surface area contributed by atoms with Gasteiger partial charge in [0.2, 0.25) is 0 Å². The van der Waals surface area contributed by atoms with Gasteiger partial charge in [-0.2, -0.15) is 0 Å². The van der Waals surface area contributed by atoms with Gasteiger partial charge in [-0.05, 0) is 18.9 Å². The molecule has 0 atom stereocenters. The Morgan fingerprint density at radius 2 is 1.95 bits per heavy atom. The average molecular weight is 264 g/mol. The topological polar surface area (TPSA) is 69.6 Å². The van der Waals surface area contributed by atoms with E-state index in [0.29, 0.717) is 13.1 Å². The second kappa shape index (κ2) is 8.13. The fourth-order valence-corrected chi connectivity index (χ4v) is 1.70. The van der Waals surface area contributed by atoms with Crippen molar-refractivity contribution in [2.45, 2.75) is 19.8 Å². The molecule has 0 aliphatic carbocycles. The lowest BCUT2D eigenvalue weighted by Crippen LogP contribution is -2.41. The predicted molar refractivity (Wildman–Crippen MR) is 73.0 cm³/mol. The maximum absolute atomic E-state index is 11.8. The second-order valence-electron chi connectivity index (χ2n) is 4.19. The van der Waals surface area contributed by atoms with Crippen molar-refractivity contribution >= 4 is 12.0 Å². The van der Waals surface area contributed by atoms with Gasteiger partial charge in [0.15, 0.2) is 0 Å². The highest BCUT2D eigenvalue weighted by Gasteiger charge is 2.11. The van der Waals surface area contributed by atoms with E-state index in [0.717, 1.165) is 6.42 Å². The Hall–Kier alpha value is -2.04. The summed E-state index contributed by atoms with van der Waals surface area (Å²) in [4.78, 5) is 23.8. The van der Waals surface area contributed by atoms with E-state index >= 15 is 0 Å². The summed E-state index contributed by atoms with van der Waals surface area (Å²) < 4.78 is 0. The van der Waals surface area contributed by atoms with Crippen molar-refractivity contribution in [3.05, 3.63) is 35.9 Å². The minimum atomic E-state index is -0.910. The van der Waals surface area contributed by atoms with Crippen LogP contribution in [0.1, 0.15) is 18.9 Å². The lowest BCUT2D eigenvalue weighted by Gasteiger charge is -2.21. The SMILES string of the molecule is CCN(CCc1ccccc1)C(=O)NCCC(=O)O. The maximum atomic E-state index is 11.8. The number of urea groups is 1. The summed E-state index contributed by atoms with van der Waals surface area (Å²) in [5.74, 6) is -0.910. The molecule has 0 unspecified atom stereocenters. The van der Waals surface area contributed by atoms with Crippen LogP contribution in [0.4, 0.5) is 4.79 Å². The van der Waals surface area contributed by atoms with Gasteiger partial charge in [-0.3, -0.25) is 4.79 Å². The second-order valence-corrected chi connectivity index (χ2v) is 4.19. The molecule has 0 radical (unpaired) electrons. The molecular weight excluding hydrogens is 244 g/mol. The van der Waals surface area contributed by atoms with E-state index in [1.807, 2.05) is 37.3 Å². The molecule has 2 N–H and O–H groups in total. The summed E-state index contributed by atoms with van der Waals surface area (Å²) in [5, 5.41) is 11.1. The molecule has 0 bridgehead atoms. The van der Waals surface area contributed by atoms with Gasteiger partial charge < -0.3 is 15.3 Å². The number of nitrogens with one attached hydrogen (secondary N) is 1. The van der Waals surface area contributed by atoms with Crippen LogP contribution in [0.3, 0.4) is 0 Å². The Morgan fingerprint density at radius 3 is 2.53 bits per heavy atom. The van der Waals surface area contributed by atoms with Gasteiger partial charge in [-0.1, -0.05) is 30.3 Å². The van der Waals surface area contributed by atoms with Gasteiger partial charge in [-0.15, -0.1) is 0 Å². The number of carboxylic acid groups (broad SMARTS) is 1. The number of nitrogens with zero attached hydrogens (tertiary/aromatic N) is 1. The van der Waals surface area contributed by atoms with Crippen LogP contribution in [0, 0.1) is 0 Å². The highest BCUT2D eigenvalue weighted by Crippen LogP contribution is 2.01. The fourth-order valence-electron chi connectivity index (χ4n) is 1.70. The maximum Gasteiger partial charge on any atom is 0.317 e. The van der Waals surface area contributed by atoms with E-state index in [1.165, 1.54) is 5.56 Å². The van der Waals surface area contributed by atoms with Gasteiger partial charge in [0.1, 0.15) is 0 Å². The van der Waals surface area contributed by atoms with Crippen molar-refractivity contribution < 1.29 is 14.7 Å². The number of amides is 2. The van der Waals surface area contributed by atoms with Crippen LogP contribution in [0.2, 0.25) is 0 Å². The quantitative estimate of drug-likeness (QED) is 0.788. The zero-order valence-electron chi connectivity index (χ0n) is 11.1. The van der Waals surface area contributed by atoms with E-state index in [1.54, 1.807) is 4.90 Å². The largest absolute Gasteiger partial charge is 0.481 e. The Balaban J connectivity index is 2.36. The first kappa shape index (κ1) is 15.0. The molecule has 104 valence electrons. The first-order valence-corrected chi connectivity index (χ1v) is 6.42. The normalized spacial score (nSPS) is 9.95. The standard InChI is InChI=1S/C14H20N2O3/c1-2-16(14(19)15-10-8-13(17)18)11-9-12-6-4-3-5-7-12/h3-7H,2,8-11H2,1H3,(H,15,19)(H,17,18). The number of aliphatic carboxylic acids is 1. The summed E-state index contributed by atoms with van der Waals surface area (Å²) in [7, 11) is 0. The Labute approximate surface area is 113 Å². The predicted octanol–water partition coefficient (Wildman–Crippen LogP) is 1.74. The number of benzene rings is 1. The van der Waals surface area contributed by atoms with E-state index in [4.69, 9.17) is 5.11 Å². The Bertz CT molecular complexity index is 406. The molecule has 0 heterocycles. The van der Waals surface area contributed by atoms with Crippen molar-refractivity contribution in [2.75, 3.05) is 19.6 Å². The molecule has 5 nitrogen and oxygen atoms in total. The van der Waals surface area contributed by atoms with Crippen molar-refractivity contribution in [1.29, 1.82) is 0 Å². The minimum Gasteiger partial charge on any atom is -0.481 e. The van der Waals surface area contributed by atoms with Gasteiger partial charge in [0.05, 0.1) is 6.42 Å². The molecule has 2 amide bonds. The summed E-state index contributed by atoms with van der Waals surface area (Å²) in [6.07, 6.45) is 0.739. The lowest BCUT2D eigenvalue weighted by molar-refractivity contribution is -0.136. The van der Waals surface area contributed by atoms with Crippen LogP contribution >= 0.6 is 0 Å². The molecule has 0 aliphatic heterocycles. The zero-order valence-corrected chi connectivity index (χ0v) is 11.1. The van der Waals surface area contributed by atoms with Gasteiger partial charge in [0.25, 0.3) is 0 Å². The molecule has 0 spiro atoms. The molecule has 0 aromatic heterocycles. The molecule has 19 heavy (non-hydrogen) atoms. The molecule has 0 aliphatic rings. The van der Waals surface area contributed by atoms with Gasteiger partial charge in [0, 0.05) is 19.6 Å². The molecule has 0 fully saturated rings. The zero-order chi connectivity index (χ0) is 14.1.